The van der Waals surface area contributed by atoms with Gasteiger partial charge in [0, 0.05) is 10.4 Å². The summed E-state index contributed by atoms with van der Waals surface area (Å²) < 4.78 is 34.5. The maximum absolute atomic E-state index is 13.2. The molecule has 6 nitrogen and oxygen atoms in total. The lowest BCUT2D eigenvalue weighted by Gasteiger charge is -2.31. The van der Waals surface area contributed by atoms with Gasteiger partial charge in [-0.15, -0.1) is 11.3 Å². The fourth-order valence-electron chi connectivity index (χ4n) is 3.87. The van der Waals surface area contributed by atoms with Crippen molar-refractivity contribution in [2.75, 3.05) is 7.11 Å². The molecule has 148 valence electrons. The Labute approximate surface area is 164 Å². The van der Waals surface area contributed by atoms with Crippen molar-refractivity contribution < 1.29 is 27.8 Å². The molecule has 1 fully saturated rings. The number of urea groups is 1. The number of hydrogen-bond donors (Lipinski definition) is 1. The summed E-state index contributed by atoms with van der Waals surface area (Å²) in [6.07, 6.45) is 2.28. The van der Waals surface area contributed by atoms with Crippen molar-refractivity contribution in [3.63, 3.8) is 0 Å². The van der Waals surface area contributed by atoms with Crippen LogP contribution in [-0.4, -0.2) is 30.6 Å². The van der Waals surface area contributed by atoms with Crippen molar-refractivity contribution in [2.24, 2.45) is 0 Å². The lowest BCUT2D eigenvalue weighted by molar-refractivity contribution is -0.132. The van der Waals surface area contributed by atoms with Crippen LogP contribution >= 0.6 is 11.3 Å². The van der Waals surface area contributed by atoms with E-state index in [4.69, 9.17) is 4.74 Å². The molecule has 1 aliphatic heterocycles. The number of hydrogen-bond acceptors (Lipinski definition) is 5. The van der Waals surface area contributed by atoms with E-state index < -0.39 is 18.2 Å². The van der Waals surface area contributed by atoms with Gasteiger partial charge in [0.1, 0.15) is 5.54 Å². The third-order valence-electron chi connectivity index (χ3n) is 5.12. The molecule has 2 aromatic rings. The van der Waals surface area contributed by atoms with Gasteiger partial charge in [0.2, 0.25) is 0 Å². The van der Waals surface area contributed by atoms with Gasteiger partial charge in [-0.2, -0.15) is 8.78 Å². The quantitative estimate of drug-likeness (QED) is 0.767. The smallest absolute Gasteiger partial charge is 0.387 e. The number of methoxy groups -OCH3 is 1. The number of carbonyl (C=O) groups excluding carboxylic acids is 2. The number of amides is 3. The summed E-state index contributed by atoms with van der Waals surface area (Å²) in [4.78, 5) is 28.1. The number of rotatable bonds is 5. The number of fused-ring (bicyclic) bond motifs is 2. The molecule has 0 saturated carbocycles. The Kier molecular flexibility index (Phi) is 4.70. The maximum Gasteiger partial charge on any atom is 0.387 e. The van der Waals surface area contributed by atoms with Crippen LogP contribution in [0.25, 0.3) is 0 Å². The van der Waals surface area contributed by atoms with Gasteiger partial charge in [-0.1, -0.05) is 6.07 Å². The molecule has 9 heteroatoms. The zero-order valence-corrected chi connectivity index (χ0v) is 15.9. The SMILES string of the molecule is COc1cc(CN2C(=O)N[C@]3(CCCc4sccc43)C2=O)ccc1OC(F)F. The minimum atomic E-state index is -2.98. The summed E-state index contributed by atoms with van der Waals surface area (Å²) in [5.74, 6) is -0.286. The Hall–Kier alpha value is -2.68. The van der Waals surface area contributed by atoms with Crippen LogP contribution in [0.2, 0.25) is 0 Å². The molecule has 4 rings (SSSR count). The first-order chi connectivity index (χ1) is 13.4. The predicted molar refractivity (Wildman–Crippen MR) is 97.6 cm³/mol. The highest BCUT2D eigenvalue weighted by molar-refractivity contribution is 7.10. The monoisotopic (exact) mass is 408 g/mol. The van der Waals surface area contributed by atoms with Crippen LogP contribution < -0.4 is 14.8 Å². The molecule has 1 atom stereocenters. The van der Waals surface area contributed by atoms with Gasteiger partial charge in [-0.05, 0) is 48.4 Å². The molecule has 2 aliphatic rings. The number of halogens is 2. The van der Waals surface area contributed by atoms with E-state index in [1.807, 2.05) is 11.4 Å². The molecule has 28 heavy (non-hydrogen) atoms. The molecule has 0 unspecified atom stereocenters. The third kappa shape index (κ3) is 2.99. The number of thiophene rings is 1. The number of ether oxygens (including phenoxy) is 2. The van der Waals surface area contributed by atoms with E-state index in [2.05, 4.69) is 10.1 Å². The van der Waals surface area contributed by atoms with Crippen LogP contribution in [0.5, 0.6) is 11.5 Å². The van der Waals surface area contributed by atoms with E-state index in [0.29, 0.717) is 12.0 Å². The number of imide groups is 1. The summed E-state index contributed by atoms with van der Waals surface area (Å²) >= 11 is 1.59. The van der Waals surface area contributed by atoms with Crippen LogP contribution in [0, 0.1) is 0 Å². The Bertz CT molecular complexity index is 932. The highest BCUT2D eigenvalue weighted by Crippen LogP contribution is 2.42. The number of benzene rings is 1. The first kappa shape index (κ1) is 18.7. The largest absolute Gasteiger partial charge is 0.493 e. The minimum Gasteiger partial charge on any atom is -0.493 e. The van der Waals surface area contributed by atoms with E-state index in [9.17, 15) is 18.4 Å². The summed E-state index contributed by atoms with van der Waals surface area (Å²) in [7, 11) is 1.33. The van der Waals surface area contributed by atoms with Crippen LogP contribution in [0.4, 0.5) is 13.6 Å². The Morgan fingerprint density at radius 2 is 2.11 bits per heavy atom. The summed E-state index contributed by atoms with van der Waals surface area (Å²) in [6.45, 7) is -2.96. The normalized spacial score (nSPS) is 21.2. The Balaban J connectivity index is 1.60. The lowest BCUT2D eigenvalue weighted by atomic mass is 9.80. The van der Waals surface area contributed by atoms with Crippen molar-refractivity contribution in [2.45, 2.75) is 38.0 Å². The third-order valence-corrected chi connectivity index (χ3v) is 6.10. The number of carbonyl (C=O) groups is 2. The molecule has 1 spiro atoms. The van der Waals surface area contributed by atoms with Crippen LogP contribution in [0.3, 0.4) is 0 Å². The maximum atomic E-state index is 13.2. The van der Waals surface area contributed by atoms with Crippen molar-refractivity contribution in [3.8, 4) is 11.5 Å². The van der Waals surface area contributed by atoms with Gasteiger partial charge in [0.25, 0.3) is 5.91 Å². The minimum absolute atomic E-state index is 0.0111. The van der Waals surface area contributed by atoms with Crippen molar-refractivity contribution >= 4 is 23.3 Å². The average molecular weight is 408 g/mol. The number of aryl methyl sites for hydroxylation is 1. The molecule has 1 aromatic heterocycles. The highest BCUT2D eigenvalue weighted by atomic mass is 32.1. The van der Waals surface area contributed by atoms with Gasteiger partial charge in [-0.3, -0.25) is 9.69 Å². The molecule has 0 bridgehead atoms. The molecule has 1 aliphatic carbocycles. The summed E-state index contributed by atoms with van der Waals surface area (Å²) in [5.41, 5.74) is 0.441. The van der Waals surface area contributed by atoms with Gasteiger partial charge in [-0.25, -0.2) is 4.79 Å². The molecule has 2 heterocycles. The number of nitrogens with one attached hydrogen (secondary N) is 1. The van der Waals surface area contributed by atoms with E-state index >= 15 is 0 Å². The van der Waals surface area contributed by atoms with Gasteiger partial charge < -0.3 is 14.8 Å². The molecule has 1 N–H and O–H groups in total. The van der Waals surface area contributed by atoms with E-state index in [0.717, 1.165) is 28.2 Å². The van der Waals surface area contributed by atoms with E-state index in [1.54, 1.807) is 11.3 Å². The molecule has 3 amide bonds. The Morgan fingerprint density at radius 1 is 1.29 bits per heavy atom. The molecule has 1 aromatic carbocycles. The average Bonchev–Trinajstić information content (AvgIpc) is 3.23. The first-order valence-corrected chi connectivity index (χ1v) is 9.65. The Morgan fingerprint density at radius 3 is 2.86 bits per heavy atom. The van der Waals surface area contributed by atoms with Crippen molar-refractivity contribution in [1.82, 2.24) is 10.2 Å². The highest BCUT2D eigenvalue weighted by Gasteiger charge is 2.54. The summed E-state index contributed by atoms with van der Waals surface area (Å²) in [6, 6.07) is 5.80. The molecule has 1 saturated heterocycles. The zero-order valence-electron chi connectivity index (χ0n) is 15.0. The van der Waals surface area contributed by atoms with Crippen LogP contribution in [0.15, 0.2) is 29.6 Å². The second-order valence-corrected chi connectivity index (χ2v) is 7.70. The lowest BCUT2D eigenvalue weighted by Crippen LogP contribution is -2.46. The molecular formula is C19H18F2N2O4S. The van der Waals surface area contributed by atoms with Crippen LogP contribution in [-0.2, 0) is 23.3 Å². The standard InChI is InChI=1S/C19H18F2N2O4S/c1-26-14-9-11(4-5-13(14)27-17(20)21)10-23-16(24)19(22-18(23)25)7-2-3-15-12(19)6-8-28-15/h4-6,8-9,17H,2-3,7,10H2,1H3,(H,22,25)/t19-/m0/s1. The number of alkyl halides is 2. The number of nitrogens with zero attached hydrogens (tertiary/aromatic N) is 1. The second-order valence-electron chi connectivity index (χ2n) is 6.70. The summed E-state index contributed by atoms with van der Waals surface area (Å²) in [5, 5.41) is 4.82. The van der Waals surface area contributed by atoms with Crippen molar-refractivity contribution in [3.05, 3.63) is 45.6 Å². The van der Waals surface area contributed by atoms with Crippen molar-refractivity contribution in [1.29, 1.82) is 0 Å². The van der Waals surface area contributed by atoms with Gasteiger partial charge in [0.05, 0.1) is 13.7 Å². The fourth-order valence-corrected chi connectivity index (χ4v) is 4.87. The second kappa shape index (κ2) is 7.05. The molecule has 0 radical (unpaired) electrons. The van der Waals surface area contributed by atoms with Gasteiger partial charge >= 0.3 is 12.6 Å². The van der Waals surface area contributed by atoms with E-state index in [1.165, 1.54) is 25.3 Å². The predicted octanol–water partition coefficient (Wildman–Crippen LogP) is 3.64. The fraction of sp³-hybridized carbons (Fsp3) is 0.368. The van der Waals surface area contributed by atoms with Crippen LogP contribution in [0.1, 0.15) is 28.8 Å². The first-order valence-electron chi connectivity index (χ1n) is 8.77. The topological polar surface area (TPSA) is 67.9 Å². The molecular weight excluding hydrogens is 390 g/mol. The van der Waals surface area contributed by atoms with Gasteiger partial charge in [0.15, 0.2) is 11.5 Å². The zero-order chi connectivity index (χ0) is 19.9. The van der Waals surface area contributed by atoms with E-state index in [-0.39, 0.29) is 24.0 Å².